The van der Waals surface area contributed by atoms with Gasteiger partial charge < -0.3 is 5.73 Å². The summed E-state index contributed by atoms with van der Waals surface area (Å²) >= 11 is 3.38. The van der Waals surface area contributed by atoms with E-state index in [-0.39, 0.29) is 11.7 Å². The molecule has 3 heteroatoms. The molecule has 1 unspecified atom stereocenters. The van der Waals surface area contributed by atoms with E-state index in [1.54, 1.807) is 0 Å². The smallest absolute Gasteiger partial charge is 0.193 e. The van der Waals surface area contributed by atoms with Crippen molar-refractivity contribution in [2.75, 3.05) is 6.54 Å². The van der Waals surface area contributed by atoms with Crippen LogP contribution in [-0.2, 0) is 0 Å². The monoisotopic (exact) mass is 317 g/mol. The van der Waals surface area contributed by atoms with Crippen molar-refractivity contribution in [1.29, 1.82) is 0 Å². The van der Waals surface area contributed by atoms with Crippen LogP contribution in [0.15, 0.2) is 53.0 Å². The van der Waals surface area contributed by atoms with Crippen LogP contribution in [0.5, 0.6) is 0 Å². The Labute approximate surface area is 121 Å². The molecule has 98 valence electrons. The number of nitrogens with two attached hydrogens (primary N) is 1. The van der Waals surface area contributed by atoms with E-state index in [9.17, 15) is 4.79 Å². The normalized spacial score (nSPS) is 12.2. The van der Waals surface area contributed by atoms with Crippen LogP contribution in [0.2, 0.25) is 0 Å². The summed E-state index contributed by atoms with van der Waals surface area (Å²) in [4.78, 5) is 12.4. The van der Waals surface area contributed by atoms with Crippen molar-refractivity contribution in [3.8, 4) is 0 Å². The average Bonchev–Trinajstić information content (AvgIpc) is 2.45. The fourth-order valence-electron chi connectivity index (χ4n) is 1.92. The summed E-state index contributed by atoms with van der Waals surface area (Å²) in [5.74, 6) is 0.294. The first-order valence-corrected chi connectivity index (χ1v) is 7.01. The van der Waals surface area contributed by atoms with Crippen LogP contribution in [0, 0.1) is 0 Å². The van der Waals surface area contributed by atoms with Crippen LogP contribution >= 0.6 is 15.9 Å². The average molecular weight is 318 g/mol. The Morgan fingerprint density at radius 1 is 1.16 bits per heavy atom. The third kappa shape index (κ3) is 3.31. The molecule has 0 radical (unpaired) electrons. The number of ketones is 1. The maximum absolute atomic E-state index is 12.4. The highest BCUT2D eigenvalue weighted by molar-refractivity contribution is 9.10. The van der Waals surface area contributed by atoms with Crippen LogP contribution in [0.25, 0.3) is 0 Å². The zero-order valence-corrected chi connectivity index (χ0v) is 12.4. The van der Waals surface area contributed by atoms with Gasteiger partial charge in [-0.2, -0.15) is 0 Å². The van der Waals surface area contributed by atoms with E-state index < -0.39 is 0 Å². The summed E-state index contributed by atoms with van der Waals surface area (Å²) in [7, 11) is 0. The van der Waals surface area contributed by atoms with Gasteiger partial charge >= 0.3 is 0 Å². The first kappa shape index (κ1) is 14.0. The Bertz CT molecular complexity index is 595. The highest BCUT2D eigenvalue weighted by Gasteiger charge is 2.11. The van der Waals surface area contributed by atoms with Crippen LogP contribution < -0.4 is 5.73 Å². The van der Waals surface area contributed by atoms with Gasteiger partial charge in [0, 0.05) is 15.6 Å². The molecule has 0 aliphatic rings. The molecule has 2 nitrogen and oxygen atoms in total. The lowest BCUT2D eigenvalue weighted by Gasteiger charge is -2.10. The molecular formula is C16H16BrNO. The highest BCUT2D eigenvalue weighted by atomic mass is 79.9. The maximum atomic E-state index is 12.4. The van der Waals surface area contributed by atoms with Gasteiger partial charge in [0.2, 0.25) is 0 Å². The molecule has 2 aromatic carbocycles. The predicted octanol–water partition coefficient (Wildman–Crippen LogP) is 3.74. The standard InChI is InChI=1S/C16H16BrNO/c1-11(10-18)12-4-2-5-13(8-12)16(19)14-6-3-7-15(17)9-14/h2-9,11H,10,18H2,1H3. The zero-order valence-electron chi connectivity index (χ0n) is 10.8. The molecule has 0 saturated carbocycles. The molecule has 0 saturated heterocycles. The topological polar surface area (TPSA) is 43.1 Å². The predicted molar refractivity (Wildman–Crippen MR) is 81.5 cm³/mol. The van der Waals surface area contributed by atoms with E-state index in [1.165, 1.54) is 0 Å². The summed E-state index contributed by atoms with van der Waals surface area (Å²) in [5, 5.41) is 0. The first-order chi connectivity index (χ1) is 9.11. The van der Waals surface area contributed by atoms with Crippen molar-refractivity contribution in [2.24, 2.45) is 5.73 Å². The Morgan fingerprint density at radius 3 is 2.42 bits per heavy atom. The first-order valence-electron chi connectivity index (χ1n) is 6.22. The van der Waals surface area contributed by atoms with E-state index in [2.05, 4.69) is 22.9 Å². The van der Waals surface area contributed by atoms with Crippen molar-refractivity contribution in [3.63, 3.8) is 0 Å². The maximum Gasteiger partial charge on any atom is 0.193 e. The van der Waals surface area contributed by atoms with E-state index in [0.717, 1.165) is 10.0 Å². The summed E-state index contributed by atoms with van der Waals surface area (Å²) in [6, 6.07) is 15.1. The molecule has 0 bridgehead atoms. The molecule has 2 aromatic rings. The fraction of sp³-hybridized carbons (Fsp3) is 0.188. The summed E-state index contributed by atoms with van der Waals surface area (Å²) in [6.07, 6.45) is 0. The van der Waals surface area contributed by atoms with Gasteiger partial charge in [0.15, 0.2) is 5.78 Å². The molecule has 2 rings (SSSR count). The second-order valence-electron chi connectivity index (χ2n) is 4.60. The molecule has 1 atom stereocenters. The minimum Gasteiger partial charge on any atom is -0.330 e. The van der Waals surface area contributed by atoms with Crippen molar-refractivity contribution in [3.05, 3.63) is 69.7 Å². The summed E-state index contributed by atoms with van der Waals surface area (Å²) in [6.45, 7) is 2.64. The van der Waals surface area contributed by atoms with Crippen molar-refractivity contribution in [2.45, 2.75) is 12.8 Å². The second-order valence-corrected chi connectivity index (χ2v) is 5.52. The van der Waals surface area contributed by atoms with Gasteiger partial charge in [-0.3, -0.25) is 4.79 Å². The zero-order chi connectivity index (χ0) is 13.8. The molecule has 0 aliphatic carbocycles. The summed E-state index contributed by atoms with van der Waals surface area (Å²) in [5.41, 5.74) is 8.16. The lowest BCUT2D eigenvalue weighted by atomic mass is 9.96. The highest BCUT2D eigenvalue weighted by Crippen LogP contribution is 2.19. The Kier molecular flexibility index (Phi) is 4.51. The van der Waals surface area contributed by atoms with Crippen LogP contribution in [0.3, 0.4) is 0 Å². The van der Waals surface area contributed by atoms with Crippen LogP contribution in [0.4, 0.5) is 0 Å². The number of halogens is 1. The van der Waals surface area contributed by atoms with Gasteiger partial charge in [-0.15, -0.1) is 0 Å². The van der Waals surface area contributed by atoms with E-state index in [4.69, 9.17) is 5.73 Å². The SMILES string of the molecule is CC(CN)c1cccc(C(=O)c2cccc(Br)c2)c1. The lowest BCUT2D eigenvalue weighted by molar-refractivity contribution is 0.103. The summed E-state index contributed by atoms with van der Waals surface area (Å²) < 4.78 is 0.907. The third-order valence-corrected chi connectivity index (χ3v) is 3.65. The number of rotatable bonds is 4. The molecule has 0 spiro atoms. The lowest BCUT2D eigenvalue weighted by Crippen LogP contribution is -2.10. The number of carbonyl (C=O) groups excluding carboxylic acids is 1. The third-order valence-electron chi connectivity index (χ3n) is 3.16. The molecule has 0 aliphatic heterocycles. The van der Waals surface area contributed by atoms with Gasteiger partial charge in [-0.05, 0) is 36.2 Å². The van der Waals surface area contributed by atoms with E-state index in [0.29, 0.717) is 17.7 Å². The van der Waals surface area contributed by atoms with Crippen molar-refractivity contribution in [1.82, 2.24) is 0 Å². The number of benzene rings is 2. The van der Waals surface area contributed by atoms with E-state index in [1.807, 2.05) is 48.5 Å². The Hall–Kier alpha value is -1.45. The van der Waals surface area contributed by atoms with Crippen LogP contribution in [-0.4, -0.2) is 12.3 Å². The minimum atomic E-state index is 0.0346. The number of carbonyl (C=O) groups is 1. The van der Waals surface area contributed by atoms with Crippen molar-refractivity contribution >= 4 is 21.7 Å². The minimum absolute atomic E-state index is 0.0346. The Morgan fingerprint density at radius 2 is 1.79 bits per heavy atom. The van der Waals surface area contributed by atoms with Gasteiger partial charge in [-0.25, -0.2) is 0 Å². The van der Waals surface area contributed by atoms with Crippen LogP contribution in [0.1, 0.15) is 34.3 Å². The number of hydrogen-bond donors (Lipinski definition) is 1. The molecule has 19 heavy (non-hydrogen) atoms. The molecule has 0 fully saturated rings. The van der Waals surface area contributed by atoms with Gasteiger partial charge in [0.05, 0.1) is 0 Å². The molecule has 0 amide bonds. The molecule has 0 heterocycles. The van der Waals surface area contributed by atoms with Gasteiger partial charge in [0.25, 0.3) is 0 Å². The quantitative estimate of drug-likeness (QED) is 0.873. The molecular weight excluding hydrogens is 302 g/mol. The van der Waals surface area contributed by atoms with E-state index >= 15 is 0 Å². The van der Waals surface area contributed by atoms with Gasteiger partial charge in [-0.1, -0.05) is 53.2 Å². The molecule has 2 N–H and O–H groups in total. The van der Waals surface area contributed by atoms with Gasteiger partial charge in [0.1, 0.15) is 0 Å². The fourth-order valence-corrected chi connectivity index (χ4v) is 2.32. The second kappa shape index (κ2) is 6.13. The van der Waals surface area contributed by atoms with Crippen molar-refractivity contribution < 1.29 is 4.79 Å². The molecule has 0 aromatic heterocycles. The number of hydrogen-bond acceptors (Lipinski definition) is 2. The largest absolute Gasteiger partial charge is 0.330 e. The Balaban J connectivity index is 2.34.